The number of hydrogen-bond acceptors (Lipinski definition) is 2. The molecule has 0 unspecified atom stereocenters. The van der Waals surface area contributed by atoms with E-state index in [1.807, 2.05) is 0 Å². The molecule has 5 heteroatoms. The third-order valence-corrected chi connectivity index (χ3v) is 1.52. The van der Waals surface area contributed by atoms with E-state index >= 15 is 0 Å². The predicted molar refractivity (Wildman–Crippen MR) is 39.0 cm³/mol. The maximum Gasteiger partial charge on any atom is 0.416 e. The number of rotatable bonds is 0. The summed E-state index contributed by atoms with van der Waals surface area (Å²) in [6.45, 7) is 0. The Hall–Kier alpha value is -0.810. The molecule has 0 saturated carbocycles. The van der Waals surface area contributed by atoms with Gasteiger partial charge in [0.05, 0.1) is 11.2 Å². The fourth-order valence-electron chi connectivity index (χ4n) is 0.963. The van der Waals surface area contributed by atoms with E-state index in [-0.39, 0.29) is 6.42 Å². The Labute approximate surface area is 67.7 Å². The Bertz CT molecular complexity index is 234. The summed E-state index contributed by atoms with van der Waals surface area (Å²) in [5.74, 6) is 0. The third kappa shape index (κ3) is 2.09. The quantitative estimate of drug-likeness (QED) is 0.545. The van der Waals surface area contributed by atoms with Crippen LogP contribution in [0.1, 0.15) is 6.42 Å². The van der Waals surface area contributed by atoms with Crippen LogP contribution in [0.5, 0.6) is 0 Å². The normalized spacial score (nSPS) is 22.2. The smallest absolute Gasteiger partial charge is 0.310 e. The van der Waals surface area contributed by atoms with Crippen LogP contribution in [0.3, 0.4) is 0 Å². The number of halogens is 3. The second kappa shape index (κ2) is 2.60. The van der Waals surface area contributed by atoms with Gasteiger partial charge in [-0.3, -0.25) is 0 Å². The van der Waals surface area contributed by atoms with Gasteiger partial charge in [-0.15, -0.1) is 0 Å². The van der Waals surface area contributed by atoms with E-state index in [1.54, 1.807) is 0 Å². The van der Waals surface area contributed by atoms with E-state index in [0.29, 0.717) is 0 Å². The van der Waals surface area contributed by atoms with Crippen molar-refractivity contribution in [3.63, 3.8) is 0 Å². The van der Waals surface area contributed by atoms with Crippen LogP contribution in [0.4, 0.5) is 13.2 Å². The molecule has 0 aliphatic heterocycles. The molecule has 0 saturated heterocycles. The summed E-state index contributed by atoms with van der Waals surface area (Å²) in [6, 6.07) is 0. The summed E-state index contributed by atoms with van der Waals surface area (Å²) in [4.78, 5) is 0. The highest BCUT2D eigenvalue weighted by atomic mass is 19.4. The second-order valence-electron chi connectivity index (χ2n) is 2.82. The molecule has 12 heavy (non-hydrogen) atoms. The lowest BCUT2D eigenvalue weighted by atomic mass is 9.98. The van der Waals surface area contributed by atoms with Crippen LogP contribution in [-0.2, 0) is 0 Å². The maximum absolute atomic E-state index is 12.1. The van der Waals surface area contributed by atoms with Crippen molar-refractivity contribution in [3.05, 3.63) is 23.8 Å². The first-order valence-corrected chi connectivity index (χ1v) is 3.36. The Balaban J connectivity index is 2.92. The third-order valence-electron chi connectivity index (χ3n) is 1.52. The van der Waals surface area contributed by atoms with Crippen LogP contribution in [0.15, 0.2) is 23.8 Å². The van der Waals surface area contributed by atoms with Gasteiger partial charge >= 0.3 is 6.18 Å². The van der Waals surface area contributed by atoms with Crippen molar-refractivity contribution in [1.82, 2.24) is 0 Å². The highest BCUT2D eigenvalue weighted by Crippen LogP contribution is 2.30. The fourth-order valence-corrected chi connectivity index (χ4v) is 0.963. The minimum atomic E-state index is -4.36. The van der Waals surface area contributed by atoms with Gasteiger partial charge in [-0.1, -0.05) is 12.2 Å². The average molecular weight is 178 g/mol. The van der Waals surface area contributed by atoms with Crippen LogP contribution in [0, 0.1) is 0 Å². The number of alkyl halides is 3. The lowest BCUT2D eigenvalue weighted by Gasteiger charge is -2.24. The number of allylic oxidation sites excluding steroid dienone is 2. The Morgan fingerprint density at radius 2 is 1.92 bits per heavy atom. The summed E-state index contributed by atoms with van der Waals surface area (Å²) < 4.78 is 36.2. The van der Waals surface area contributed by atoms with Crippen molar-refractivity contribution in [1.29, 1.82) is 0 Å². The SMILES string of the molecule is NC1(N)C=C(C(F)(F)F)C=CC1. The van der Waals surface area contributed by atoms with E-state index in [4.69, 9.17) is 11.5 Å². The first kappa shape index (κ1) is 9.28. The summed E-state index contributed by atoms with van der Waals surface area (Å²) in [7, 11) is 0. The maximum atomic E-state index is 12.1. The van der Waals surface area contributed by atoms with Crippen LogP contribution in [0.25, 0.3) is 0 Å². The predicted octanol–water partition coefficient (Wildman–Crippen LogP) is 1.05. The first-order valence-electron chi connectivity index (χ1n) is 3.36. The van der Waals surface area contributed by atoms with Gasteiger partial charge < -0.3 is 11.5 Å². The lowest BCUT2D eigenvalue weighted by molar-refractivity contribution is -0.0890. The van der Waals surface area contributed by atoms with Crippen molar-refractivity contribution < 1.29 is 13.2 Å². The van der Waals surface area contributed by atoms with Crippen molar-refractivity contribution >= 4 is 0 Å². The molecule has 0 radical (unpaired) electrons. The van der Waals surface area contributed by atoms with Gasteiger partial charge in [-0.25, -0.2) is 0 Å². The molecule has 1 aliphatic rings. The molecule has 0 aromatic rings. The van der Waals surface area contributed by atoms with Gasteiger partial charge in [0.25, 0.3) is 0 Å². The van der Waals surface area contributed by atoms with Crippen molar-refractivity contribution in [2.24, 2.45) is 11.5 Å². The van der Waals surface area contributed by atoms with Gasteiger partial charge in [-0.2, -0.15) is 13.2 Å². The molecule has 0 bridgehead atoms. The number of nitrogens with two attached hydrogens (primary N) is 2. The van der Waals surface area contributed by atoms with E-state index < -0.39 is 17.4 Å². The minimum absolute atomic E-state index is 0.229. The van der Waals surface area contributed by atoms with Gasteiger partial charge in [-0.05, 0) is 6.08 Å². The van der Waals surface area contributed by atoms with E-state index in [0.717, 1.165) is 12.2 Å². The van der Waals surface area contributed by atoms with Gasteiger partial charge in [0.15, 0.2) is 0 Å². The standard InChI is InChI=1S/C7H9F3N2/c8-7(9,10)5-2-1-3-6(11,12)4-5/h1-2,4H,3,11-12H2. The highest BCUT2D eigenvalue weighted by molar-refractivity contribution is 5.32. The second-order valence-corrected chi connectivity index (χ2v) is 2.82. The molecule has 1 rings (SSSR count). The largest absolute Gasteiger partial charge is 0.416 e. The van der Waals surface area contributed by atoms with Crippen LogP contribution in [-0.4, -0.2) is 11.8 Å². The van der Waals surface area contributed by atoms with Crippen molar-refractivity contribution in [2.45, 2.75) is 18.3 Å². The molecule has 2 nitrogen and oxygen atoms in total. The fraction of sp³-hybridized carbons (Fsp3) is 0.429. The molecule has 0 heterocycles. The van der Waals surface area contributed by atoms with E-state index in [9.17, 15) is 13.2 Å². The van der Waals surface area contributed by atoms with Gasteiger partial charge in [0, 0.05) is 6.42 Å². The van der Waals surface area contributed by atoms with Gasteiger partial charge in [0.1, 0.15) is 0 Å². The van der Waals surface area contributed by atoms with Crippen LogP contribution in [0.2, 0.25) is 0 Å². The van der Waals surface area contributed by atoms with Gasteiger partial charge in [0.2, 0.25) is 0 Å². The minimum Gasteiger partial charge on any atom is -0.310 e. The molecule has 0 spiro atoms. The highest BCUT2D eigenvalue weighted by Gasteiger charge is 2.35. The van der Waals surface area contributed by atoms with E-state index in [1.165, 1.54) is 6.08 Å². The van der Waals surface area contributed by atoms with Crippen molar-refractivity contribution in [3.8, 4) is 0 Å². The first-order chi connectivity index (χ1) is 5.31. The molecule has 0 aromatic heterocycles. The Morgan fingerprint density at radius 1 is 1.33 bits per heavy atom. The Morgan fingerprint density at radius 3 is 2.25 bits per heavy atom. The zero-order chi connectivity index (χ0) is 9.41. The molecule has 0 fully saturated rings. The summed E-state index contributed by atoms with van der Waals surface area (Å²) in [6.07, 6.45) is -0.985. The van der Waals surface area contributed by atoms with E-state index in [2.05, 4.69) is 0 Å². The Kier molecular flexibility index (Phi) is 2.01. The summed E-state index contributed by atoms with van der Waals surface area (Å²) in [5, 5.41) is 0. The molecule has 0 aromatic carbocycles. The molecular formula is C7H9F3N2. The molecule has 68 valence electrons. The zero-order valence-corrected chi connectivity index (χ0v) is 6.23. The van der Waals surface area contributed by atoms with Crippen molar-refractivity contribution in [2.75, 3.05) is 0 Å². The molecular weight excluding hydrogens is 169 g/mol. The molecule has 4 N–H and O–H groups in total. The topological polar surface area (TPSA) is 52.0 Å². The zero-order valence-electron chi connectivity index (χ0n) is 6.23. The molecule has 0 atom stereocenters. The average Bonchev–Trinajstić information content (AvgIpc) is 1.83. The monoisotopic (exact) mass is 178 g/mol. The molecule has 0 amide bonds. The lowest BCUT2D eigenvalue weighted by Crippen LogP contribution is -2.48. The number of hydrogen-bond donors (Lipinski definition) is 2. The summed E-state index contributed by atoms with van der Waals surface area (Å²) >= 11 is 0. The van der Waals surface area contributed by atoms with Crippen LogP contribution >= 0.6 is 0 Å². The molecule has 1 aliphatic carbocycles. The van der Waals surface area contributed by atoms with Crippen LogP contribution < -0.4 is 11.5 Å². The summed E-state index contributed by atoms with van der Waals surface area (Å²) in [5.41, 5.74) is 8.49.